The van der Waals surface area contributed by atoms with Gasteiger partial charge in [-0.05, 0) is 96.1 Å². The number of nitrogens with zero attached hydrogens (tertiary/aromatic N) is 1. The Morgan fingerprint density at radius 1 is 0.698 bits per heavy atom. The highest BCUT2D eigenvalue weighted by molar-refractivity contribution is 8.00. The summed E-state index contributed by atoms with van der Waals surface area (Å²) in [6.07, 6.45) is 1.57. The number of anilines is 2. The summed E-state index contributed by atoms with van der Waals surface area (Å²) in [5.74, 6) is -0.689. The summed E-state index contributed by atoms with van der Waals surface area (Å²) in [5, 5.41) is 8.57. The lowest BCUT2D eigenvalue weighted by atomic mass is 10.1. The number of oxazole rings is 1. The summed E-state index contributed by atoms with van der Waals surface area (Å²) in [6.45, 7) is 0. The molecule has 6 aromatic carbocycles. The molecule has 7 aromatic rings. The van der Waals surface area contributed by atoms with Gasteiger partial charge >= 0.3 is 0 Å². The number of aromatic nitrogens is 1. The van der Waals surface area contributed by atoms with E-state index >= 15 is 0 Å². The zero-order chi connectivity index (χ0) is 36.6. The number of carbonyl (C=O) groups is 3. The summed E-state index contributed by atoms with van der Waals surface area (Å²) < 4.78 is 5.90. The molecule has 0 aliphatic rings. The number of carbonyl (C=O) groups excluding carboxylic acids is 3. The van der Waals surface area contributed by atoms with Crippen LogP contribution in [0, 0.1) is 0 Å². The highest BCUT2D eigenvalue weighted by Crippen LogP contribution is 2.37. The Balaban J connectivity index is 1.08. The van der Waals surface area contributed by atoms with E-state index in [0.29, 0.717) is 39.0 Å². The van der Waals surface area contributed by atoms with Gasteiger partial charge in [0.15, 0.2) is 5.58 Å². The molecule has 1 atom stereocenters. The summed E-state index contributed by atoms with van der Waals surface area (Å²) in [5.41, 5.74) is 5.24. The van der Waals surface area contributed by atoms with Crippen LogP contribution in [0.15, 0.2) is 173 Å². The molecule has 8 nitrogen and oxygen atoms in total. The molecule has 0 aliphatic heterocycles. The van der Waals surface area contributed by atoms with Gasteiger partial charge in [-0.25, -0.2) is 4.98 Å². The van der Waals surface area contributed by atoms with Gasteiger partial charge in [-0.1, -0.05) is 90.5 Å². The minimum absolute atomic E-state index is 0.0304. The fourth-order valence-corrected chi connectivity index (χ4v) is 6.77. The maximum absolute atomic E-state index is 13.9. The molecule has 0 bridgehead atoms. The van der Waals surface area contributed by atoms with Gasteiger partial charge < -0.3 is 20.4 Å². The topological polar surface area (TPSA) is 113 Å². The molecule has 0 spiro atoms. The Hall–Kier alpha value is -6.42. The first-order valence-electron chi connectivity index (χ1n) is 16.6. The van der Waals surface area contributed by atoms with Crippen molar-refractivity contribution >= 4 is 69.6 Å². The van der Waals surface area contributed by atoms with Crippen LogP contribution in [0.4, 0.5) is 11.4 Å². The lowest BCUT2D eigenvalue weighted by molar-refractivity contribution is -0.116. The van der Waals surface area contributed by atoms with Crippen LogP contribution in [0.5, 0.6) is 0 Å². The number of nitrogens with one attached hydrogen (secondary N) is 3. The molecule has 1 aromatic heterocycles. The zero-order valence-corrected chi connectivity index (χ0v) is 29.6. The highest BCUT2D eigenvalue weighted by Gasteiger charge is 2.23. The Labute approximate surface area is 314 Å². The molecule has 260 valence electrons. The summed E-state index contributed by atoms with van der Waals surface area (Å²) >= 11 is 7.54. The number of fused-ring (bicyclic) bond motifs is 1. The molecule has 1 unspecified atom stereocenters. The van der Waals surface area contributed by atoms with Gasteiger partial charge in [-0.3, -0.25) is 14.4 Å². The smallest absolute Gasteiger partial charge is 0.272 e. The second-order valence-corrected chi connectivity index (χ2v) is 13.5. The summed E-state index contributed by atoms with van der Waals surface area (Å²) in [7, 11) is 0. The number of hydrogen-bond acceptors (Lipinski definition) is 6. The van der Waals surface area contributed by atoms with Crippen LogP contribution in [0.3, 0.4) is 0 Å². The summed E-state index contributed by atoms with van der Waals surface area (Å²) in [6, 6.07) is 47.2. The van der Waals surface area contributed by atoms with Crippen LogP contribution in [-0.2, 0) is 9.59 Å². The quantitative estimate of drug-likeness (QED) is 0.0901. The van der Waals surface area contributed by atoms with Crippen molar-refractivity contribution in [3.8, 4) is 11.5 Å². The Morgan fingerprint density at radius 3 is 2.17 bits per heavy atom. The third kappa shape index (κ3) is 8.91. The maximum Gasteiger partial charge on any atom is 0.272 e. The second kappa shape index (κ2) is 16.3. The number of benzene rings is 6. The number of amides is 3. The first-order valence-corrected chi connectivity index (χ1v) is 17.9. The number of halogens is 1. The number of para-hydroxylation sites is 2. The van der Waals surface area contributed by atoms with E-state index in [-0.39, 0.29) is 11.6 Å². The van der Waals surface area contributed by atoms with E-state index in [1.165, 1.54) is 11.8 Å². The molecule has 10 heteroatoms. The number of hydrogen-bond donors (Lipinski definition) is 3. The highest BCUT2D eigenvalue weighted by atomic mass is 35.5. The lowest BCUT2D eigenvalue weighted by Gasteiger charge is -2.18. The predicted octanol–water partition coefficient (Wildman–Crippen LogP) is 10.0. The first kappa shape index (κ1) is 35.0. The largest absolute Gasteiger partial charge is 0.436 e. The summed E-state index contributed by atoms with van der Waals surface area (Å²) in [4.78, 5) is 45.9. The first-order chi connectivity index (χ1) is 25.9. The van der Waals surface area contributed by atoms with E-state index in [2.05, 4.69) is 20.9 Å². The van der Waals surface area contributed by atoms with E-state index in [1.807, 2.05) is 91.0 Å². The number of rotatable bonds is 11. The Morgan fingerprint density at radius 2 is 1.42 bits per heavy atom. The minimum atomic E-state index is -0.623. The van der Waals surface area contributed by atoms with Gasteiger partial charge in [0, 0.05) is 32.4 Å². The average molecular weight is 735 g/mol. The molecule has 0 radical (unpaired) electrons. The predicted molar refractivity (Wildman–Crippen MR) is 212 cm³/mol. The molecule has 0 saturated heterocycles. The van der Waals surface area contributed by atoms with Crippen molar-refractivity contribution in [2.75, 3.05) is 10.6 Å². The molecule has 1 heterocycles. The van der Waals surface area contributed by atoms with Crippen molar-refractivity contribution in [2.24, 2.45) is 0 Å². The fourth-order valence-electron chi connectivity index (χ4n) is 5.49. The van der Waals surface area contributed by atoms with Crippen LogP contribution in [-0.4, -0.2) is 22.7 Å². The molecule has 0 saturated carbocycles. The lowest BCUT2D eigenvalue weighted by Crippen LogP contribution is -2.30. The molecule has 53 heavy (non-hydrogen) atoms. The zero-order valence-electron chi connectivity index (χ0n) is 28.0. The molecule has 0 aliphatic carbocycles. The van der Waals surface area contributed by atoms with Gasteiger partial charge in [0.2, 0.25) is 11.8 Å². The van der Waals surface area contributed by atoms with Crippen LogP contribution >= 0.6 is 23.4 Å². The van der Waals surface area contributed by atoms with Crippen LogP contribution in [0.25, 0.3) is 28.6 Å². The normalized spacial score (nSPS) is 11.8. The van der Waals surface area contributed by atoms with Crippen molar-refractivity contribution in [3.05, 3.63) is 185 Å². The van der Waals surface area contributed by atoms with Gasteiger partial charge in [-0.15, -0.1) is 11.8 Å². The van der Waals surface area contributed by atoms with Crippen LogP contribution < -0.4 is 16.0 Å². The van der Waals surface area contributed by atoms with Gasteiger partial charge in [0.05, 0.1) is 0 Å². The van der Waals surface area contributed by atoms with Gasteiger partial charge in [0.1, 0.15) is 16.5 Å². The van der Waals surface area contributed by atoms with E-state index < -0.39 is 17.1 Å². The fraction of sp³-hybridized carbons (Fsp3) is 0.0233. The van der Waals surface area contributed by atoms with Crippen molar-refractivity contribution < 1.29 is 18.8 Å². The van der Waals surface area contributed by atoms with Crippen molar-refractivity contribution in [1.82, 2.24) is 10.3 Å². The van der Waals surface area contributed by atoms with E-state index in [1.54, 1.807) is 72.8 Å². The molecule has 7 rings (SSSR count). The van der Waals surface area contributed by atoms with Crippen molar-refractivity contribution in [2.45, 2.75) is 10.1 Å². The monoisotopic (exact) mass is 734 g/mol. The Kier molecular flexibility index (Phi) is 10.8. The van der Waals surface area contributed by atoms with E-state index in [0.717, 1.165) is 21.5 Å². The molecule has 3 amide bonds. The van der Waals surface area contributed by atoms with E-state index in [4.69, 9.17) is 16.0 Å². The SMILES string of the molecule is O=C(Nc1cccc(SC(C(=O)Nc2ccc(-c3nc4ccccc4o3)cc2)c2ccccc2)c1)/C(=C/c1cccc(Cl)c1)NC(=O)c1ccccc1. The van der Waals surface area contributed by atoms with Crippen molar-refractivity contribution in [1.29, 1.82) is 0 Å². The molecular weight excluding hydrogens is 704 g/mol. The maximum atomic E-state index is 13.9. The van der Waals surface area contributed by atoms with E-state index in [9.17, 15) is 14.4 Å². The minimum Gasteiger partial charge on any atom is -0.436 e. The number of thioether (sulfide) groups is 1. The van der Waals surface area contributed by atoms with Gasteiger partial charge in [0.25, 0.3) is 11.8 Å². The third-order valence-electron chi connectivity index (χ3n) is 8.07. The van der Waals surface area contributed by atoms with Crippen molar-refractivity contribution in [3.63, 3.8) is 0 Å². The van der Waals surface area contributed by atoms with Crippen LogP contribution in [0.2, 0.25) is 5.02 Å². The standard InChI is InChI=1S/C43H31ClN4O4S/c44-32-16-9-11-28(25-32)26-37(47-40(49)30-14-5-2-6-15-30)41(50)46-34-17-10-18-35(27-34)53-39(29-12-3-1-4-13-29)42(51)45-33-23-21-31(22-24-33)43-48-36-19-7-8-20-38(36)52-43/h1-27,39H,(H,45,51)(H,46,50)(H,47,49)/b37-26-. The average Bonchev–Trinajstić information content (AvgIpc) is 3.62. The third-order valence-corrected chi connectivity index (χ3v) is 9.55. The Bertz CT molecular complexity index is 2400. The molecule has 3 N–H and O–H groups in total. The van der Waals surface area contributed by atoms with Crippen LogP contribution in [0.1, 0.15) is 26.7 Å². The second-order valence-electron chi connectivity index (χ2n) is 11.9. The van der Waals surface area contributed by atoms with Gasteiger partial charge in [-0.2, -0.15) is 0 Å². The molecule has 0 fully saturated rings. The molecular formula is C43H31ClN4O4S.